The van der Waals surface area contributed by atoms with Gasteiger partial charge in [-0.15, -0.1) is 0 Å². The van der Waals surface area contributed by atoms with Crippen molar-refractivity contribution in [3.05, 3.63) is 29.8 Å². The van der Waals surface area contributed by atoms with Crippen LogP contribution in [0, 0.1) is 0 Å². The minimum absolute atomic E-state index is 0.0303. The van der Waals surface area contributed by atoms with Crippen LogP contribution in [0.15, 0.2) is 24.3 Å². The summed E-state index contributed by atoms with van der Waals surface area (Å²) in [7, 11) is 2.89. The molecule has 1 rings (SSSR count). The van der Waals surface area contributed by atoms with Gasteiger partial charge in [-0.05, 0) is 24.2 Å². The van der Waals surface area contributed by atoms with E-state index in [1.54, 1.807) is 36.3 Å². The first-order valence-corrected chi connectivity index (χ1v) is 6.71. The van der Waals surface area contributed by atoms with Gasteiger partial charge in [-0.3, -0.25) is 9.69 Å². The molecule has 1 unspecified atom stereocenters. The van der Waals surface area contributed by atoms with Gasteiger partial charge < -0.3 is 14.6 Å². The number of carboxylic acids is 1. The molecule has 0 spiro atoms. The number of nitrogens with zero attached hydrogens (tertiary/aromatic N) is 1. The molecule has 0 aromatic heterocycles. The van der Waals surface area contributed by atoms with Crippen LogP contribution in [0.2, 0.25) is 0 Å². The second-order valence-corrected chi connectivity index (χ2v) is 4.47. The minimum atomic E-state index is -0.896. The van der Waals surface area contributed by atoms with E-state index < -0.39 is 18.0 Å². The molecule has 0 saturated heterocycles. The largest absolute Gasteiger partial charge is 0.497 e. The SMILES string of the molecule is CCN(CCC(=O)O)C(C(=O)OC)c1ccc(OC)cc1. The number of likely N-dealkylation sites (N-methyl/N-ethyl adjacent to an activating group) is 1. The molecule has 0 aliphatic rings. The number of rotatable bonds is 8. The van der Waals surface area contributed by atoms with Gasteiger partial charge in [0.1, 0.15) is 11.8 Å². The number of hydrogen-bond acceptors (Lipinski definition) is 5. The molecule has 1 N–H and O–H groups in total. The highest BCUT2D eigenvalue weighted by Gasteiger charge is 2.27. The van der Waals surface area contributed by atoms with Crippen LogP contribution in [0.3, 0.4) is 0 Å². The lowest BCUT2D eigenvalue weighted by atomic mass is 10.0. The molecule has 0 heterocycles. The third-order valence-corrected chi connectivity index (χ3v) is 3.24. The van der Waals surface area contributed by atoms with Gasteiger partial charge in [0.05, 0.1) is 20.6 Å². The van der Waals surface area contributed by atoms with Crippen LogP contribution in [0.5, 0.6) is 5.75 Å². The Morgan fingerprint density at radius 3 is 2.29 bits per heavy atom. The molecule has 1 aromatic carbocycles. The average molecular weight is 295 g/mol. The van der Waals surface area contributed by atoms with Crippen LogP contribution in [0.1, 0.15) is 24.9 Å². The van der Waals surface area contributed by atoms with Crippen LogP contribution in [-0.4, -0.2) is 49.3 Å². The first-order chi connectivity index (χ1) is 10.0. The molecule has 1 atom stereocenters. The standard InChI is InChI=1S/C15H21NO5/c1-4-16(10-9-13(17)18)14(15(19)21-3)11-5-7-12(20-2)8-6-11/h5-8,14H,4,9-10H2,1-3H3,(H,17,18). The van der Waals surface area contributed by atoms with Gasteiger partial charge in [-0.25, -0.2) is 4.79 Å². The van der Waals surface area contributed by atoms with Gasteiger partial charge in [0.2, 0.25) is 0 Å². The topological polar surface area (TPSA) is 76.1 Å². The van der Waals surface area contributed by atoms with Crippen LogP contribution < -0.4 is 4.74 Å². The normalized spacial score (nSPS) is 12.0. The van der Waals surface area contributed by atoms with Crippen molar-refractivity contribution in [2.75, 3.05) is 27.3 Å². The Bertz CT molecular complexity index is 471. The predicted octanol–water partition coefficient (Wildman–Crippen LogP) is 1.71. The Balaban J connectivity index is 3.01. The smallest absolute Gasteiger partial charge is 0.327 e. The van der Waals surface area contributed by atoms with E-state index in [0.717, 1.165) is 5.56 Å². The van der Waals surface area contributed by atoms with Gasteiger partial charge in [0, 0.05) is 6.54 Å². The Labute approximate surface area is 124 Å². The highest BCUT2D eigenvalue weighted by atomic mass is 16.5. The van der Waals surface area contributed by atoms with Gasteiger partial charge in [-0.2, -0.15) is 0 Å². The monoisotopic (exact) mass is 295 g/mol. The van der Waals surface area contributed by atoms with Crippen molar-refractivity contribution in [2.45, 2.75) is 19.4 Å². The molecule has 1 aromatic rings. The summed E-state index contributed by atoms with van der Waals surface area (Å²) in [5.41, 5.74) is 0.745. The summed E-state index contributed by atoms with van der Waals surface area (Å²) >= 11 is 0. The van der Waals surface area contributed by atoms with Crippen molar-refractivity contribution in [3.8, 4) is 5.75 Å². The molecule has 6 heteroatoms. The maximum absolute atomic E-state index is 12.1. The first-order valence-electron chi connectivity index (χ1n) is 6.71. The third-order valence-electron chi connectivity index (χ3n) is 3.24. The fourth-order valence-electron chi connectivity index (χ4n) is 2.10. The lowest BCUT2D eigenvalue weighted by molar-refractivity contribution is -0.148. The second-order valence-electron chi connectivity index (χ2n) is 4.47. The summed E-state index contributed by atoms with van der Waals surface area (Å²) in [5.74, 6) is -0.616. The number of carbonyl (C=O) groups is 2. The van der Waals surface area contributed by atoms with E-state index in [9.17, 15) is 9.59 Å². The summed E-state index contributed by atoms with van der Waals surface area (Å²) in [6.45, 7) is 2.69. The summed E-state index contributed by atoms with van der Waals surface area (Å²) < 4.78 is 9.95. The molecule has 0 bridgehead atoms. The molecular formula is C15H21NO5. The molecule has 116 valence electrons. The van der Waals surface area contributed by atoms with Crippen LogP contribution in [-0.2, 0) is 14.3 Å². The summed E-state index contributed by atoms with van der Waals surface area (Å²) in [6, 6.07) is 6.46. The van der Waals surface area contributed by atoms with E-state index >= 15 is 0 Å². The summed E-state index contributed by atoms with van der Waals surface area (Å²) in [6.07, 6.45) is -0.0303. The zero-order valence-electron chi connectivity index (χ0n) is 12.5. The molecule has 0 aliphatic carbocycles. The number of ether oxygens (including phenoxy) is 2. The zero-order valence-corrected chi connectivity index (χ0v) is 12.5. The molecular weight excluding hydrogens is 274 g/mol. The van der Waals surface area contributed by atoms with Crippen LogP contribution in [0.4, 0.5) is 0 Å². The lowest BCUT2D eigenvalue weighted by Crippen LogP contribution is -2.36. The summed E-state index contributed by atoms with van der Waals surface area (Å²) in [5, 5.41) is 8.81. The number of methoxy groups -OCH3 is 2. The second kappa shape index (κ2) is 8.26. The van der Waals surface area contributed by atoms with Crippen LogP contribution in [0.25, 0.3) is 0 Å². The highest BCUT2D eigenvalue weighted by Crippen LogP contribution is 2.24. The van der Waals surface area contributed by atoms with Crippen molar-refractivity contribution in [1.82, 2.24) is 4.90 Å². The Morgan fingerprint density at radius 2 is 1.86 bits per heavy atom. The number of carboxylic acid groups (broad SMARTS) is 1. The average Bonchev–Trinajstić information content (AvgIpc) is 2.50. The van der Waals surface area contributed by atoms with Crippen molar-refractivity contribution in [3.63, 3.8) is 0 Å². The number of esters is 1. The maximum atomic E-state index is 12.1. The quantitative estimate of drug-likeness (QED) is 0.736. The third kappa shape index (κ3) is 4.75. The van der Waals surface area contributed by atoms with E-state index in [0.29, 0.717) is 12.3 Å². The Morgan fingerprint density at radius 1 is 1.24 bits per heavy atom. The Kier molecular flexibility index (Phi) is 6.68. The highest BCUT2D eigenvalue weighted by molar-refractivity contribution is 5.77. The van der Waals surface area contributed by atoms with Gasteiger partial charge in [-0.1, -0.05) is 19.1 Å². The Hall–Kier alpha value is -2.08. The fraction of sp³-hybridized carbons (Fsp3) is 0.467. The molecule has 0 saturated carbocycles. The maximum Gasteiger partial charge on any atom is 0.327 e. The van der Waals surface area contributed by atoms with Crippen molar-refractivity contribution in [1.29, 1.82) is 0 Å². The predicted molar refractivity (Wildman–Crippen MR) is 77.3 cm³/mol. The molecule has 0 fully saturated rings. The summed E-state index contributed by atoms with van der Waals surface area (Å²) in [4.78, 5) is 24.6. The first kappa shape index (κ1) is 17.0. The zero-order chi connectivity index (χ0) is 15.8. The van der Waals surface area contributed by atoms with Gasteiger partial charge in [0.15, 0.2) is 0 Å². The minimum Gasteiger partial charge on any atom is -0.497 e. The lowest BCUT2D eigenvalue weighted by Gasteiger charge is -2.28. The van der Waals surface area contributed by atoms with E-state index in [1.807, 2.05) is 6.92 Å². The number of aliphatic carboxylic acids is 1. The molecule has 6 nitrogen and oxygen atoms in total. The molecule has 0 radical (unpaired) electrons. The molecule has 0 amide bonds. The van der Waals surface area contributed by atoms with E-state index in [1.165, 1.54) is 7.11 Å². The van der Waals surface area contributed by atoms with Crippen molar-refractivity contribution >= 4 is 11.9 Å². The van der Waals surface area contributed by atoms with E-state index in [-0.39, 0.29) is 13.0 Å². The van der Waals surface area contributed by atoms with Crippen molar-refractivity contribution in [2.24, 2.45) is 0 Å². The van der Waals surface area contributed by atoms with Crippen molar-refractivity contribution < 1.29 is 24.2 Å². The number of hydrogen-bond donors (Lipinski definition) is 1. The van der Waals surface area contributed by atoms with Gasteiger partial charge in [0.25, 0.3) is 0 Å². The van der Waals surface area contributed by atoms with Gasteiger partial charge >= 0.3 is 11.9 Å². The molecule has 0 aliphatic heterocycles. The fourth-order valence-corrected chi connectivity index (χ4v) is 2.10. The number of benzene rings is 1. The van der Waals surface area contributed by atoms with E-state index in [4.69, 9.17) is 14.6 Å². The number of carbonyl (C=O) groups excluding carboxylic acids is 1. The van der Waals surface area contributed by atoms with E-state index in [2.05, 4.69) is 0 Å². The molecule has 21 heavy (non-hydrogen) atoms. The van der Waals surface area contributed by atoms with Crippen LogP contribution >= 0.6 is 0 Å².